The molecule has 1 aliphatic rings. The molecular weight excluding hydrogens is 176 g/mol. The van der Waals surface area contributed by atoms with Crippen molar-refractivity contribution < 1.29 is 0 Å². The van der Waals surface area contributed by atoms with Gasteiger partial charge in [0.05, 0.1) is 0 Å². The van der Waals surface area contributed by atoms with E-state index in [2.05, 4.69) is 0 Å². The molecule has 4 heteroatoms. The predicted molar refractivity (Wildman–Crippen MR) is 59.6 cm³/mol. The lowest BCUT2D eigenvalue weighted by Gasteiger charge is -2.48. The summed E-state index contributed by atoms with van der Waals surface area (Å²) in [6.07, 6.45) is 5.01. The van der Waals surface area contributed by atoms with E-state index in [1.807, 2.05) is 6.92 Å². The third kappa shape index (κ3) is 2.25. The third-order valence-electron chi connectivity index (χ3n) is 3.64. The average Bonchev–Trinajstić information content (AvgIpc) is 2.10. The highest BCUT2D eigenvalue weighted by atomic mass is 14.9. The lowest BCUT2D eigenvalue weighted by Crippen LogP contribution is -2.67. The SMILES string of the molecule is CC1(N)CCCCC1(N)CC(N)CN. The molecule has 84 valence electrons. The fourth-order valence-electron chi connectivity index (χ4n) is 2.35. The van der Waals surface area contributed by atoms with Gasteiger partial charge in [0.1, 0.15) is 0 Å². The van der Waals surface area contributed by atoms with E-state index in [1.165, 1.54) is 6.42 Å². The van der Waals surface area contributed by atoms with Crippen LogP contribution in [0.4, 0.5) is 0 Å². The number of hydrogen-bond acceptors (Lipinski definition) is 4. The standard InChI is InChI=1S/C10H24N4/c1-9(13)4-2-3-5-10(9,14)6-8(12)7-11/h8H,2-7,11-14H2,1H3. The van der Waals surface area contributed by atoms with E-state index in [0.29, 0.717) is 6.54 Å². The van der Waals surface area contributed by atoms with Crippen LogP contribution in [-0.2, 0) is 0 Å². The maximum atomic E-state index is 6.35. The first-order chi connectivity index (χ1) is 6.41. The van der Waals surface area contributed by atoms with Crippen molar-refractivity contribution in [3.63, 3.8) is 0 Å². The van der Waals surface area contributed by atoms with Crippen molar-refractivity contribution in [3.8, 4) is 0 Å². The minimum absolute atomic E-state index is 0.0269. The van der Waals surface area contributed by atoms with E-state index < -0.39 is 0 Å². The van der Waals surface area contributed by atoms with Crippen LogP contribution in [0.1, 0.15) is 39.0 Å². The summed E-state index contributed by atoms with van der Waals surface area (Å²) in [4.78, 5) is 0. The second kappa shape index (κ2) is 4.14. The fraction of sp³-hybridized carbons (Fsp3) is 1.00. The van der Waals surface area contributed by atoms with Crippen LogP contribution in [0.2, 0.25) is 0 Å². The molecule has 1 rings (SSSR count). The Balaban J connectivity index is 2.68. The van der Waals surface area contributed by atoms with Crippen LogP contribution in [0.5, 0.6) is 0 Å². The van der Waals surface area contributed by atoms with Gasteiger partial charge in [0.25, 0.3) is 0 Å². The Hall–Kier alpha value is -0.160. The number of nitrogens with two attached hydrogens (primary N) is 4. The fourth-order valence-corrected chi connectivity index (χ4v) is 2.35. The summed E-state index contributed by atoms with van der Waals surface area (Å²) in [5.41, 5.74) is 23.3. The Labute approximate surface area is 86.4 Å². The second-order valence-corrected chi connectivity index (χ2v) is 4.98. The van der Waals surface area contributed by atoms with Crippen molar-refractivity contribution in [1.29, 1.82) is 0 Å². The highest BCUT2D eigenvalue weighted by Gasteiger charge is 2.44. The first-order valence-corrected chi connectivity index (χ1v) is 5.45. The largest absolute Gasteiger partial charge is 0.329 e. The Bertz CT molecular complexity index is 193. The molecule has 0 aliphatic heterocycles. The molecule has 3 unspecified atom stereocenters. The van der Waals surface area contributed by atoms with Crippen molar-refractivity contribution in [1.82, 2.24) is 0 Å². The van der Waals surface area contributed by atoms with Gasteiger partial charge in [-0.1, -0.05) is 12.8 Å². The summed E-state index contributed by atoms with van der Waals surface area (Å²) in [6, 6.07) is -0.0269. The second-order valence-electron chi connectivity index (χ2n) is 4.98. The molecular formula is C10H24N4. The molecule has 0 bridgehead atoms. The summed E-state index contributed by atoms with van der Waals surface area (Å²) in [5, 5.41) is 0. The predicted octanol–water partition coefficient (Wildman–Crippen LogP) is -0.349. The summed E-state index contributed by atoms with van der Waals surface area (Å²) < 4.78 is 0. The summed E-state index contributed by atoms with van der Waals surface area (Å²) >= 11 is 0. The molecule has 14 heavy (non-hydrogen) atoms. The normalized spacial score (nSPS) is 40.9. The van der Waals surface area contributed by atoms with Gasteiger partial charge >= 0.3 is 0 Å². The van der Waals surface area contributed by atoms with Crippen LogP contribution in [0.25, 0.3) is 0 Å². The topological polar surface area (TPSA) is 104 Å². The Morgan fingerprint density at radius 3 is 2.29 bits per heavy atom. The van der Waals surface area contributed by atoms with Crippen LogP contribution in [0.3, 0.4) is 0 Å². The monoisotopic (exact) mass is 200 g/mol. The zero-order valence-corrected chi connectivity index (χ0v) is 9.13. The highest BCUT2D eigenvalue weighted by Crippen LogP contribution is 2.36. The molecule has 0 aromatic heterocycles. The zero-order valence-electron chi connectivity index (χ0n) is 9.13. The molecule has 0 amide bonds. The summed E-state index contributed by atoms with van der Waals surface area (Å²) in [7, 11) is 0. The van der Waals surface area contributed by atoms with Gasteiger partial charge in [-0.3, -0.25) is 0 Å². The van der Waals surface area contributed by atoms with E-state index >= 15 is 0 Å². The van der Waals surface area contributed by atoms with Crippen LogP contribution in [-0.4, -0.2) is 23.7 Å². The lowest BCUT2D eigenvalue weighted by atomic mass is 9.66. The van der Waals surface area contributed by atoms with E-state index in [9.17, 15) is 0 Å². The van der Waals surface area contributed by atoms with Crippen LogP contribution < -0.4 is 22.9 Å². The number of rotatable bonds is 3. The molecule has 0 aromatic rings. The maximum absolute atomic E-state index is 6.35. The van der Waals surface area contributed by atoms with Gasteiger partial charge < -0.3 is 22.9 Å². The van der Waals surface area contributed by atoms with Gasteiger partial charge in [-0.15, -0.1) is 0 Å². The maximum Gasteiger partial charge on any atom is 0.0349 e. The van der Waals surface area contributed by atoms with Gasteiger partial charge in [0.15, 0.2) is 0 Å². The van der Waals surface area contributed by atoms with Crippen molar-refractivity contribution in [2.75, 3.05) is 6.54 Å². The van der Waals surface area contributed by atoms with E-state index in [1.54, 1.807) is 0 Å². The van der Waals surface area contributed by atoms with Gasteiger partial charge in [0, 0.05) is 23.7 Å². The quantitative estimate of drug-likeness (QED) is 0.500. The van der Waals surface area contributed by atoms with Crippen molar-refractivity contribution in [2.24, 2.45) is 22.9 Å². The molecule has 0 heterocycles. The van der Waals surface area contributed by atoms with Crippen LogP contribution in [0.15, 0.2) is 0 Å². The van der Waals surface area contributed by atoms with Crippen molar-refractivity contribution >= 4 is 0 Å². The molecule has 8 N–H and O–H groups in total. The average molecular weight is 200 g/mol. The first-order valence-electron chi connectivity index (χ1n) is 5.45. The van der Waals surface area contributed by atoms with Crippen LogP contribution in [0, 0.1) is 0 Å². The lowest BCUT2D eigenvalue weighted by molar-refractivity contribution is 0.145. The van der Waals surface area contributed by atoms with Gasteiger partial charge in [-0.05, 0) is 26.2 Å². The Morgan fingerprint density at radius 2 is 1.79 bits per heavy atom. The summed E-state index contributed by atoms with van der Waals surface area (Å²) in [6.45, 7) is 2.52. The highest BCUT2D eigenvalue weighted by molar-refractivity contribution is 5.08. The molecule has 0 saturated heterocycles. The molecule has 0 radical (unpaired) electrons. The van der Waals surface area contributed by atoms with Gasteiger partial charge in [-0.25, -0.2) is 0 Å². The van der Waals surface area contributed by atoms with Crippen molar-refractivity contribution in [2.45, 2.75) is 56.1 Å². The molecule has 1 fully saturated rings. The summed E-state index contributed by atoms with van der Waals surface area (Å²) in [5.74, 6) is 0. The minimum atomic E-state index is -0.329. The molecule has 0 spiro atoms. The van der Waals surface area contributed by atoms with E-state index in [0.717, 1.165) is 25.7 Å². The minimum Gasteiger partial charge on any atom is -0.329 e. The van der Waals surface area contributed by atoms with Gasteiger partial charge in [0.2, 0.25) is 0 Å². The molecule has 1 saturated carbocycles. The Kier molecular flexibility index (Phi) is 3.53. The van der Waals surface area contributed by atoms with E-state index in [4.69, 9.17) is 22.9 Å². The smallest absolute Gasteiger partial charge is 0.0349 e. The Morgan fingerprint density at radius 1 is 1.21 bits per heavy atom. The number of hydrogen-bond donors (Lipinski definition) is 4. The molecule has 3 atom stereocenters. The third-order valence-corrected chi connectivity index (χ3v) is 3.64. The van der Waals surface area contributed by atoms with E-state index in [-0.39, 0.29) is 17.1 Å². The first kappa shape index (κ1) is 11.9. The molecule has 1 aliphatic carbocycles. The zero-order chi connectivity index (χ0) is 10.8. The molecule has 0 aromatic carbocycles. The van der Waals surface area contributed by atoms with Crippen molar-refractivity contribution in [3.05, 3.63) is 0 Å². The van der Waals surface area contributed by atoms with Gasteiger partial charge in [-0.2, -0.15) is 0 Å². The molecule has 4 nitrogen and oxygen atoms in total. The van der Waals surface area contributed by atoms with Crippen LogP contribution >= 0.6 is 0 Å².